The van der Waals surface area contributed by atoms with Gasteiger partial charge in [0.05, 0.1) is 16.7 Å². The van der Waals surface area contributed by atoms with Gasteiger partial charge in [-0.3, -0.25) is 15.5 Å². The molecule has 0 amide bonds. The lowest BCUT2D eigenvalue weighted by Crippen LogP contribution is -2.08. The predicted octanol–water partition coefficient (Wildman–Crippen LogP) is 4.42. The highest BCUT2D eigenvalue weighted by molar-refractivity contribution is 9.10. The number of aromatic nitrogens is 1. The number of hydrazone groups is 1. The van der Waals surface area contributed by atoms with Gasteiger partial charge in [0.1, 0.15) is 17.8 Å². The molecule has 0 saturated carbocycles. The summed E-state index contributed by atoms with van der Waals surface area (Å²) in [4.78, 5) is 26.0. The fraction of sp³-hybridized carbons (Fsp3) is 0. The Hall–Kier alpha value is -3.59. The Morgan fingerprint density at radius 3 is 2.43 bits per heavy atom. The minimum Gasteiger partial charge on any atom is -0.423 e. The molecule has 9 heteroatoms. The van der Waals surface area contributed by atoms with E-state index in [9.17, 15) is 14.9 Å². The van der Waals surface area contributed by atoms with Crippen LogP contribution in [0.15, 0.2) is 76.4 Å². The quantitative estimate of drug-likeness (QED) is 0.200. The van der Waals surface area contributed by atoms with Gasteiger partial charge in [0, 0.05) is 10.5 Å². The molecule has 0 bridgehead atoms. The fourth-order valence-electron chi connectivity index (χ4n) is 2.11. The number of halogens is 1. The third kappa shape index (κ3) is 5.21. The van der Waals surface area contributed by atoms with Crippen LogP contribution < -0.4 is 10.2 Å². The van der Waals surface area contributed by atoms with Crippen molar-refractivity contribution in [3.05, 3.63) is 92.6 Å². The lowest BCUT2D eigenvalue weighted by molar-refractivity contribution is -0.385. The van der Waals surface area contributed by atoms with Crippen molar-refractivity contribution in [1.29, 1.82) is 0 Å². The summed E-state index contributed by atoms with van der Waals surface area (Å²) in [5.41, 5.74) is 3.80. The summed E-state index contributed by atoms with van der Waals surface area (Å²) in [5.74, 6) is 0.344. The number of esters is 1. The molecule has 8 nitrogen and oxygen atoms in total. The van der Waals surface area contributed by atoms with E-state index in [-0.39, 0.29) is 5.69 Å². The van der Waals surface area contributed by atoms with Gasteiger partial charge in [-0.2, -0.15) is 5.10 Å². The Balaban J connectivity index is 1.56. The Morgan fingerprint density at radius 1 is 1.11 bits per heavy atom. The molecule has 0 aliphatic rings. The molecule has 0 unspecified atom stereocenters. The van der Waals surface area contributed by atoms with E-state index in [2.05, 4.69) is 31.4 Å². The summed E-state index contributed by atoms with van der Waals surface area (Å²) < 4.78 is 6.20. The van der Waals surface area contributed by atoms with Crippen molar-refractivity contribution in [1.82, 2.24) is 4.98 Å². The number of ether oxygens (including phenoxy) is 1. The van der Waals surface area contributed by atoms with E-state index >= 15 is 0 Å². The maximum absolute atomic E-state index is 12.1. The van der Waals surface area contributed by atoms with E-state index in [0.717, 1.165) is 16.2 Å². The first-order valence-corrected chi connectivity index (χ1v) is 8.78. The number of carbonyl (C=O) groups excluding carboxylic acids is 1. The summed E-state index contributed by atoms with van der Waals surface area (Å²) in [6, 6.07) is 16.4. The highest BCUT2D eigenvalue weighted by Crippen LogP contribution is 2.16. The van der Waals surface area contributed by atoms with E-state index in [0.29, 0.717) is 17.1 Å². The van der Waals surface area contributed by atoms with Crippen LogP contribution in [0, 0.1) is 10.1 Å². The fourth-order valence-corrected chi connectivity index (χ4v) is 2.37. The molecule has 1 N–H and O–H groups in total. The van der Waals surface area contributed by atoms with Gasteiger partial charge >= 0.3 is 5.97 Å². The highest BCUT2D eigenvalue weighted by Gasteiger charge is 2.08. The average molecular weight is 441 g/mol. The molecule has 1 heterocycles. The van der Waals surface area contributed by atoms with Crippen LogP contribution in [0.3, 0.4) is 0 Å². The van der Waals surface area contributed by atoms with E-state index < -0.39 is 10.9 Å². The van der Waals surface area contributed by atoms with Crippen LogP contribution >= 0.6 is 15.9 Å². The van der Waals surface area contributed by atoms with Gasteiger partial charge in [0.15, 0.2) is 0 Å². The van der Waals surface area contributed by atoms with E-state index in [4.69, 9.17) is 4.74 Å². The molecule has 140 valence electrons. The van der Waals surface area contributed by atoms with Gasteiger partial charge in [0.2, 0.25) is 0 Å². The topological polar surface area (TPSA) is 107 Å². The number of carbonyl (C=O) groups is 1. The van der Waals surface area contributed by atoms with Gasteiger partial charge in [-0.05, 0) is 60.2 Å². The molecule has 1 aromatic heterocycles. The lowest BCUT2D eigenvalue weighted by atomic mass is 10.2. The van der Waals surface area contributed by atoms with Gasteiger partial charge in [-0.15, -0.1) is 0 Å². The second-order valence-corrected chi connectivity index (χ2v) is 6.41. The van der Waals surface area contributed by atoms with Gasteiger partial charge in [-0.25, -0.2) is 9.78 Å². The molecule has 28 heavy (non-hydrogen) atoms. The van der Waals surface area contributed by atoms with Crippen molar-refractivity contribution in [2.75, 3.05) is 5.43 Å². The molecule has 3 aromatic rings. The summed E-state index contributed by atoms with van der Waals surface area (Å²) in [6.45, 7) is 0. The third-order valence-electron chi connectivity index (χ3n) is 3.52. The predicted molar refractivity (Wildman–Crippen MR) is 108 cm³/mol. The van der Waals surface area contributed by atoms with Crippen LogP contribution in [0.4, 0.5) is 11.5 Å². The second-order valence-electron chi connectivity index (χ2n) is 5.49. The first kappa shape index (κ1) is 19.2. The van der Waals surface area contributed by atoms with Crippen molar-refractivity contribution >= 4 is 39.6 Å². The van der Waals surface area contributed by atoms with Crippen LogP contribution in [0.1, 0.15) is 15.9 Å². The Bertz CT molecular complexity index is 1000. The molecule has 0 aliphatic heterocycles. The van der Waals surface area contributed by atoms with Crippen LogP contribution in [-0.4, -0.2) is 22.1 Å². The van der Waals surface area contributed by atoms with E-state index in [1.54, 1.807) is 54.7 Å². The second kappa shape index (κ2) is 8.87. The zero-order valence-electron chi connectivity index (χ0n) is 14.3. The Morgan fingerprint density at radius 2 is 1.82 bits per heavy atom. The average Bonchev–Trinajstić information content (AvgIpc) is 2.70. The minimum absolute atomic E-state index is 0.0946. The van der Waals surface area contributed by atoms with Crippen molar-refractivity contribution in [3.63, 3.8) is 0 Å². The number of anilines is 1. The van der Waals surface area contributed by atoms with Crippen molar-refractivity contribution in [3.8, 4) is 5.75 Å². The SMILES string of the molecule is O=C(Oc1ccc(/C=N\Nc2ccc([N+](=O)[O-])cn2)cc1)c1ccc(Br)cc1. The molecule has 0 saturated heterocycles. The van der Waals surface area contributed by atoms with Crippen molar-refractivity contribution < 1.29 is 14.5 Å². The number of pyridine rings is 1. The molecular weight excluding hydrogens is 428 g/mol. The molecule has 0 fully saturated rings. The lowest BCUT2D eigenvalue weighted by Gasteiger charge is -2.05. The normalized spacial score (nSPS) is 10.6. The van der Waals surface area contributed by atoms with Gasteiger partial charge < -0.3 is 4.74 Å². The summed E-state index contributed by atoms with van der Waals surface area (Å²) in [6.07, 6.45) is 2.69. The zero-order valence-corrected chi connectivity index (χ0v) is 15.9. The number of hydrogen-bond donors (Lipinski definition) is 1. The molecule has 0 spiro atoms. The first-order valence-electron chi connectivity index (χ1n) is 7.98. The molecule has 0 atom stereocenters. The van der Waals surface area contributed by atoms with Crippen LogP contribution in [0.5, 0.6) is 5.75 Å². The number of hydrogen-bond acceptors (Lipinski definition) is 7. The van der Waals surface area contributed by atoms with Crippen LogP contribution in [0.25, 0.3) is 0 Å². The van der Waals surface area contributed by atoms with Gasteiger partial charge in [0.25, 0.3) is 5.69 Å². The molecular formula is C19H13BrN4O4. The molecule has 0 radical (unpaired) electrons. The van der Waals surface area contributed by atoms with Crippen molar-refractivity contribution in [2.45, 2.75) is 0 Å². The number of nitro groups is 1. The molecule has 2 aromatic carbocycles. The van der Waals surface area contributed by atoms with Crippen LogP contribution in [-0.2, 0) is 0 Å². The highest BCUT2D eigenvalue weighted by atomic mass is 79.9. The number of benzene rings is 2. The van der Waals surface area contributed by atoms with E-state index in [1.807, 2.05) is 0 Å². The largest absolute Gasteiger partial charge is 0.423 e. The summed E-state index contributed by atoms with van der Waals surface area (Å²) in [7, 11) is 0. The Labute approximate surface area is 168 Å². The van der Waals surface area contributed by atoms with Gasteiger partial charge in [-0.1, -0.05) is 15.9 Å². The standard InChI is InChI=1S/C19H13BrN4O4/c20-15-5-3-14(4-6-15)19(25)28-17-8-1-13(2-9-17)11-22-23-18-10-7-16(12-21-18)24(26)27/h1-12H,(H,21,23)/b22-11-. The summed E-state index contributed by atoms with van der Waals surface area (Å²) >= 11 is 3.31. The first-order chi connectivity index (χ1) is 13.5. The van der Waals surface area contributed by atoms with Crippen LogP contribution in [0.2, 0.25) is 0 Å². The summed E-state index contributed by atoms with van der Waals surface area (Å²) in [5, 5.41) is 14.6. The smallest absolute Gasteiger partial charge is 0.343 e. The number of nitrogens with one attached hydrogen (secondary N) is 1. The van der Waals surface area contributed by atoms with E-state index in [1.165, 1.54) is 12.1 Å². The molecule has 3 rings (SSSR count). The number of rotatable bonds is 6. The maximum Gasteiger partial charge on any atom is 0.343 e. The monoisotopic (exact) mass is 440 g/mol. The zero-order chi connectivity index (χ0) is 19.9. The van der Waals surface area contributed by atoms with Crippen molar-refractivity contribution in [2.24, 2.45) is 5.10 Å². The number of nitrogens with zero attached hydrogens (tertiary/aromatic N) is 3. The third-order valence-corrected chi connectivity index (χ3v) is 4.05. The maximum atomic E-state index is 12.1. The minimum atomic E-state index is -0.523. The molecule has 0 aliphatic carbocycles. The Kier molecular flexibility index (Phi) is 6.07.